The summed E-state index contributed by atoms with van der Waals surface area (Å²) in [5, 5.41) is 0. The fourth-order valence-electron chi connectivity index (χ4n) is 2.08. The summed E-state index contributed by atoms with van der Waals surface area (Å²) in [4.78, 5) is 4.83. The maximum absolute atomic E-state index is 4.83. The number of hydrogen-bond donors (Lipinski definition) is 0. The van der Waals surface area contributed by atoms with Gasteiger partial charge in [0, 0.05) is 5.71 Å². The van der Waals surface area contributed by atoms with Crippen molar-refractivity contribution in [2.24, 2.45) is 10.4 Å². The Balaban J connectivity index is 3.32. The van der Waals surface area contributed by atoms with Crippen molar-refractivity contribution in [2.75, 3.05) is 0 Å². The summed E-state index contributed by atoms with van der Waals surface area (Å²) < 4.78 is 0. The molecule has 0 unspecified atom stereocenters. The topological polar surface area (TPSA) is 12.4 Å². The smallest absolute Gasteiger partial charge is 0.0661 e. The molecular weight excluding hydrogens is 230 g/mol. The molecule has 0 radical (unpaired) electrons. The van der Waals surface area contributed by atoms with Crippen molar-refractivity contribution in [3.63, 3.8) is 0 Å². The monoisotopic (exact) mass is 259 g/mol. The Labute approximate surface area is 119 Å². The number of hydrogen-bond acceptors (Lipinski definition) is 1. The first-order valence-corrected chi connectivity index (χ1v) is 7.10. The minimum atomic E-state index is 0.128. The third kappa shape index (κ3) is 3.92. The van der Waals surface area contributed by atoms with Crippen LogP contribution in [0.2, 0.25) is 0 Å². The van der Waals surface area contributed by atoms with Crippen LogP contribution in [0, 0.1) is 19.3 Å². The van der Waals surface area contributed by atoms with Gasteiger partial charge < -0.3 is 0 Å². The van der Waals surface area contributed by atoms with E-state index in [2.05, 4.69) is 74.4 Å². The fourth-order valence-corrected chi connectivity index (χ4v) is 2.08. The average Bonchev–Trinajstić information content (AvgIpc) is 2.19. The Bertz CT molecular complexity index is 494. The third-order valence-electron chi connectivity index (χ3n) is 3.72. The quantitative estimate of drug-likeness (QED) is 0.570. The largest absolute Gasteiger partial charge is 0.257 e. The molecule has 106 valence electrons. The molecule has 0 bridgehead atoms. The van der Waals surface area contributed by atoms with Gasteiger partial charge in [0.15, 0.2) is 0 Å². The van der Waals surface area contributed by atoms with E-state index in [1.165, 1.54) is 22.4 Å². The van der Waals surface area contributed by atoms with E-state index in [0.717, 1.165) is 5.69 Å². The Morgan fingerprint density at radius 1 is 0.895 bits per heavy atom. The van der Waals surface area contributed by atoms with Crippen LogP contribution < -0.4 is 0 Å². The molecule has 19 heavy (non-hydrogen) atoms. The van der Waals surface area contributed by atoms with Crippen LogP contribution in [-0.4, -0.2) is 5.71 Å². The summed E-state index contributed by atoms with van der Waals surface area (Å²) in [6.07, 6.45) is 0. The molecule has 0 N–H and O–H groups in total. The second-order valence-electron chi connectivity index (χ2n) is 7.65. The minimum Gasteiger partial charge on any atom is -0.257 e. The molecule has 0 atom stereocenters. The van der Waals surface area contributed by atoms with E-state index in [1.807, 2.05) is 0 Å². The standard InChI is InChI=1S/C18H29N/c1-12-11-16(19-14(3)17(4,5)6)13(2)10-15(12)18(7,8)9/h10-11H,1-9H3/b19-14+. The van der Waals surface area contributed by atoms with Crippen molar-refractivity contribution in [3.8, 4) is 0 Å². The van der Waals surface area contributed by atoms with Crippen LogP contribution in [0.25, 0.3) is 0 Å². The van der Waals surface area contributed by atoms with E-state index in [9.17, 15) is 0 Å². The second kappa shape index (κ2) is 5.11. The molecule has 0 aliphatic heterocycles. The molecule has 0 fully saturated rings. The Kier molecular flexibility index (Phi) is 4.29. The number of benzene rings is 1. The average molecular weight is 259 g/mol. The van der Waals surface area contributed by atoms with Crippen LogP contribution in [0.5, 0.6) is 0 Å². The van der Waals surface area contributed by atoms with E-state index in [-0.39, 0.29) is 10.8 Å². The molecule has 1 heteroatoms. The van der Waals surface area contributed by atoms with Gasteiger partial charge in [0.05, 0.1) is 5.69 Å². The second-order valence-corrected chi connectivity index (χ2v) is 7.65. The lowest BCUT2D eigenvalue weighted by Crippen LogP contribution is -2.16. The maximum atomic E-state index is 4.83. The highest BCUT2D eigenvalue weighted by molar-refractivity contribution is 5.89. The van der Waals surface area contributed by atoms with Crippen LogP contribution >= 0.6 is 0 Å². The summed E-state index contributed by atoms with van der Waals surface area (Å²) in [5.41, 5.74) is 6.62. The zero-order valence-corrected chi connectivity index (χ0v) is 14.1. The highest BCUT2D eigenvalue weighted by atomic mass is 14.8. The van der Waals surface area contributed by atoms with E-state index in [1.54, 1.807) is 0 Å². The fraction of sp³-hybridized carbons (Fsp3) is 0.611. The van der Waals surface area contributed by atoms with Crippen molar-refractivity contribution >= 4 is 11.4 Å². The minimum absolute atomic E-state index is 0.128. The molecule has 0 heterocycles. The summed E-state index contributed by atoms with van der Waals surface area (Å²) in [7, 11) is 0. The molecule has 0 saturated carbocycles. The number of aliphatic imine (C=N–C) groups is 1. The lowest BCUT2D eigenvalue weighted by Gasteiger charge is -2.24. The zero-order valence-electron chi connectivity index (χ0n) is 14.1. The van der Waals surface area contributed by atoms with Crippen LogP contribution in [-0.2, 0) is 5.41 Å². The molecular formula is C18H29N. The van der Waals surface area contributed by atoms with Gasteiger partial charge in [0.2, 0.25) is 0 Å². The van der Waals surface area contributed by atoms with Crippen molar-refractivity contribution in [1.82, 2.24) is 0 Å². The Morgan fingerprint density at radius 3 is 1.84 bits per heavy atom. The summed E-state index contributed by atoms with van der Waals surface area (Å²) in [6, 6.07) is 4.52. The molecule has 1 rings (SSSR count). The highest BCUT2D eigenvalue weighted by Gasteiger charge is 2.19. The molecule has 0 spiro atoms. The van der Waals surface area contributed by atoms with Crippen LogP contribution in [0.3, 0.4) is 0 Å². The lowest BCUT2D eigenvalue weighted by molar-refractivity contribution is 0.584. The molecule has 0 aromatic heterocycles. The number of rotatable bonds is 1. The predicted molar refractivity (Wildman–Crippen MR) is 86.8 cm³/mol. The van der Waals surface area contributed by atoms with E-state index in [0.29, 0.717) is 0 Å². The van der Waals surface area contributed by atoms with Crippen molar-refractivity contribution in [2.45, 2.75) is 67.7 Å². The lowest BCUT2D eigenvalue weighted by atomic mass is 9.83. The van der Waals surface area contributed by atoms with E-state index < -0.39 is 0 Å². The molecule has 0 saturated heterocycles. The van der Waals surface area contributed by atoms with E-state index >= 15 is 0 Å². The van der Waals surface area contributed by atoms with Crippen molar-refractivity contribution in [3.05, 3.63) is 28.8 Å². The van der Waals surface area contributed by atoms with Gasteiger partial charge in [0.25, 0.3) is 0 Å². The van der Waals surface area contributed by atoms with Gasteiger partial charge in [-0.3, -0.25) is 4.99 Å². The molecule has 0 aliphatic carbocycles. The first-order valence-electron chi connectivity index (χ1n) is 7.10. The van der Waals surface area contributed by atoms with Crippen LogP contribution in [0.15, 0.2) is 17.1 Å². The summed E-state index contributed by atoms with van der Waals surface area (Å²) in [5.74, 6) is 0. The molecule has 0 aliphatic rings. The Morgan fingerprint density at radius 2 is 1.42 bits per heavy atom. The first kappa shape index (κ1) is 15.9. The third-order valence-corrected chi connectivity index (χ3v) is 3.72. The highest BCUT2D eigenvalue weighted by Crippen LogP contribution is 2.32. The normalized spacial score (nSPS) is 13.8. The number of aryl methyl sites for hydroxylation is 2. The molecule has 1 aromatic rings. The number of nitrogens with zero attached hydrogens (tertiary/aromatic N) is 1. The first-order chi connectivity index (χ1) is 8.43. The molecule has 1 nitrogen and oxygen atoms in total. The summed E-state index contributed by atoms with van der Waals surface area (Å²) >= 11 is 0. The maximum Gasteiger partial charge on any atom is 0.0661 e. The van der Waals surface area contributed by atoms with Gasteiger partial charge in [0.1, 0.15) is 0 Å². The van der Waals surface area contributed by atoms with Crippen molar-refractivity contribution in [1.29, 1.82) is 0 Å². The van der Waals surface area contributed by atoms with Crippen LogP contribution in [0.1, 0.15) is 65.2 Å². The van der Waals surface area contributed by atoms with Gasteiger partial charge in [-0.05, 0) is 54.4 Å². The van der Waals surface area contributed by atoms with Crippen LogP contribution in [0.4, 0.5) is 5.69 Å². The van der Waals surface area contributed by atoms with E-state index in [4.69, 9.17) is 4.99 Å². The van der Waals surface area contributed by atoms with Crippen molar-refractivity contribution < 1.29 is 0 Å². The summed E-state index contributed by atoms with van der Waals surface area (Å²) in [6.45, 7) is 19.9. The van der Waals surface area contributed by atoms with Gasteiger partial charge in [-0.25, -0.2) is 0 Å². The predicted octanol–water partition coefficient (Wildman–Crippen LogP) is 5.74. The molecule has 1 aromatic carbocycles. The van der Waals surface area contributed by atoms with Gasteiger partial charge >= 0.3 is 0 Å². The van der Waals surface area contributed by atoms with Gasteiger partial charge in [-0.15, -0.1) is 0 Å². The van der Waals surface area contributed by atoms with Gasteiger partial charge in [-0.1, -0.05) is 47.6 Å². The Hall–Kier alpha value is -1.11. The van der Waals surface area contributed by atoms with Gasteiger partial charge in [-0.2, -0.15) is 0 Å². The SMILES string of the molecule is C/C(=N\c1cc(C)c(C(C)(C)C)cc1C)C(C)(C)C. The molecule has 0 amide bonds. The zero-order chi connectivity index (χ0) is 15.0.